The summed E-state index contributed by atoms with van der Waals surface area (Å²) in [5.41, 5.74) is 0.154. The number of Topliss-reactive ketones (excluding diaryl/α,β-unsaturated/α-hetero) is 1. The molecular formula is C9H4BrClF2N2O. The first-order valence-corrected chi connectivity index (χ1v) is 5.33. The molecule has 0 aromatic carbocycles. The van der Waals surface area contributed by atoms with Crippen LogP contribution in [0.15, 0.2) is 16.9 Å². The van der Waals surface area contributed by atoms with E-state index in [0.29, 0.717) is 10.1 Å². The van der Waals surface area contributed by atoms with Crippen molar-refractivity contribution in [3.05, 3.63) is 27.5 Å². The Balaban J connectivity index is 2.72. The number of ketones is 1. The Morgan fingerprint density at radius 2 is 2.25 bits per heavy atom. The molecule has 0 saturated carbocycles. The lowest BCUT2D eigenvalue weighted by Crippen LogP contribution is -2.09. The molecule has 2 heterocycles. The molecule has 3 nitrogen and oxygen atoms in total. The topological polar surface area (TPSA) is 45.8 Å². The summed E-state index contributed by atoms with van der Waals surface area (Å²) in [7, 11) is 0. The molecule has 0 aliphatic carbocycles. The summed E-state index contributed by atoms with van der Waals surface area (Å²) in [6.45, 7) is 0. The molecule has 0 unspecified atom stereocenters. The number of fused-ring (bicyclic) bond motifs is 1. The van der Waals surface area contributed by atoms with Gasteiger partial charge in [-0.1, -0.05) is 11.6 Å². The summed E-state index contributed by atoms with van der Waals surface area (Å²) in [5, 5.41) is 0.400. The number of hydrogen-bond acceptors (Lipinski definition) is 2. The minimum atomic E-state index is -3.06. The molecule has 0 atom stereocenters. The average molecular weight is 309 g/mol. The summed E-state index contributed by atoms with van der Waals surface area (Å²) in [6.07, 6.45) is -0.448. The van der Waals surface area contributed by atoms with Gasteiger partial charge in [0.15, 0.2) is 0 Å². The van der Waals surface area contributed by atoms with Crippen molar-refractivity contribution in [2.24, 2.45) is 0 Å². The normalized spacial score (nSPS) is 11.3. The number of hydrogen-bond donors (Lipinski definition) is 1. The number of pyridine rings is 1. The summed E-state index contributed by atoms with van der Waals surface area (Å²) < 4.78 is 25.1. The van der Waals surface area contributed by atoms with Crippen LogP contribution in [0.25, 0.3) is 11.0 Å². The van der Waals surface area contributed by atoms with E-state index in [1.54, 1.807) is 0 Å². The average Bonchev–Trinajstić information content (AvgIpc) is 2.66. The molecule has 0 radical (unpaired) electrons. The van der Waals surface area contributed by atoms with Crippen molar-refractivity contribution in [1.29, 1.82) is 0 Å². The molecule has 0 spiro atoms. The predicted molar refractivity (Wildman–Crippen MR) is 59.1 cm³/mol. The molecule has 0 aliphatic heterocycles. The maximum absolute atomic E-state index is 12.3. The van der Waals surface area contributed by atoms with Gasteiger partial charge >= 0.3 is 6.43 Å². The highest BCUT2D eigenvalue weighted by Gasteiger charge is 2.23. The van der Waals surface area contributed by atoms with Crippen LogP contribution >= 0.6 is 27.5 Å². The van der Waals surface area contributed by atoms with Crippen LogP contribution in [0.2, 0.25) is 5.02 Å². The van der Waals surface area contributed by atoms with Crippen LogP contribution in [0, 0.1) is 0 Å². The fourth-order valence-electron chi connectivity index (χ4n) is 1.35. The highest BCUT2D eigenvalue weighted by molar-refractivity contribution is 9.10. The SMILES string of the molecule is O=C(c1c[nH]c2ncc(Br)c(Cl)c12)C(F)F. The summed E-state index contributed by atoms with van der Waals surface area (Å²) in [4.78, 5) is 17.8. The minimum Gasteiger partial charge on any atom is -0.345 e. The van der Waals surface area contributed by atoms with Gasteiger partial charge in [0.25, 0.3) is 0 Å². The lowest BCUT2D eigenvalue weighted by atomic mass is 10.1. The Hall–Kier alpha value is -1.01. The van der Waals surface area contributed by atoms with Crippen LogP contribution in [-0.4, -0.2) is 22.2 Å². The second-order valence-corrected chi connectivity index (χ2v) is 4.24. The molecule has 2 rings (SSSR count). The number of carbonyl (C=O) groups excluding carboxylic acids is 1. The maximum atomic E-state index is 12.3. The first-order valence-electron chi connectivity index (χ1n) is 4.16. The number of halogens is 4. The first-order chi connectivity index (χ1) is 7.52. The Bertz CT molecular complexity index is 570. The van der Waals surface area contributed by atoms with Gasteiger partial charge in [0.05, 0.1) is 15.1 Å². The Morgan fingerprint density at radius 1 is 1.56 bits per heavy atom. The molecule has 0 aliphatic rings. The number of aromatic amines is 1. The van der Waals surface area contributed by atoms with Gasteiger partial charge in [0, 0.05) is 17.8 Å². The standard InChI is InChI=1S/C9H4BrClF2N2O/c10-4-2-15-9-5(6(4)11)3(1-14-9)7(16)8(12)13/h1-2,8H,(H,14,15). The van der Waals surface area contributed by atoms with Gasteiger partial charge < -0.3 is 4.98 Å². The first kappa shape index (κ1) is 11.5. The maximum Gasteiger partial charge on any atom is 0.300 e. The zero-order valence-corrected chi connectivity index (χ0v) is 9.94. The second-order valence-electron chi connectivity index (χ2n) is 3.01. The van der Waals surface area contributed by atoms with Gasteiger partial charge in [0.1, 0.15) is 5.65 Å². The fourth-order valence-corrected chi connectivity index (χ4v) is 1.89. The van der Waals surface area contributed by atoms with Crippen LogP contribution < -0.4 is 0 Å². The van der Waals surface area contributed by atoms with Crippen molar-refractivity contribution in [2.75, 3.05) is 0 Å². The molecule has 84 valence electrons. The number of alkyl halides is 2. The number of H-pyrrole nitrogens is 1. The van der Waals surface area contributed by atoms with Gasteiger partial charge in [-0.15, -0.1) is 0 Å². The summed E-state index contributed by atoms with van der Waals surface area (Å²) in [5.74, 6) is -1.27. The van der Waals surface area contributed by atoms with Gasteiger partial charge in [-0.2, -0.15) is 0 Å². The molecule has 7 heteroatoms. The van der Waals surface area contributed by atoms with E-state index >= 15 is 0 Å². The monoisotopic (exact) mass is 308 g/mol. The van der Waals surface area contributed by atoms with Crippen LogP contribution in [0.4, 0.5) is 8.78 Å². The molecule has 2 aromatic heterocycles. The van der Waals surface area contributed by atoms with E-state index in [0.717, 1.165) is 0 Å². The minimum absolute atomic E-state index is 0.149. The molecule has 16 heavy (non-hydrogen) atoms. The van der Waals surface area contributed by atoms with Crippen LogP contribution in [0.5, 0.6) is 0 Å². The van der Waals surface area contributed by atoms with E-state index in [4.69, 9.17) is 11.6 Å². The third-order valence-corrected chi connectivity index (χ3v) is 3.28. The molecule has 0 fully saturated rings. The third-order valence-electron chi connectivity index (χ3n) is 2.06. The van der Waals surface area contributed by atoms with E-state index in [1.165, 1.54) is 12.4 Å². The Labute approximate surface area is 102 Å². The van der Waals surface area contributed by atoms with Gasteiger partial charge in [-0.25, -0.2) is 13.8 Å². The molecule has 1 N–H and O–H groups in total. The molecule has 0 bridgehead atoms. The zero-order chi connectivity index (χ0) is 11.9. The highest BCUT2D eigenvalue weighted by atomic mass is 79.9. The second kappa shape index (κ2) is 4.10. The van der Waals surface area contributed by atoms with Gasteiger partial charge in [-0.3, -0.25) is 4.79 Å². The quantitative estimate of drug-likeness (QED) is 0.864. The van der Waals surface area contributed by atoms with Crippen molar-refractivity contribution in [1.82, 2.24) is 9.97 Å². The van der Waals surface area contributed by atoms with E-state index in [-0.39, 0.29) is 16.0 Å². The van der Waals surface area contributed by atoms with Crippen molar-refractivity contribution in [2.45, 2.75) is 6.43 Å². The Morgan fingerprint density at radius 3 is 2.88 bits per heavy atom. The Kier molecular flexibility index (Phi) is 2.94. The van der Waals surface area contributed by atoms with E-state index in [2.05, 4.69) is 25.9 Å². The van der Waals surface area contributed by atoms with Crippen LogP contribution in [0.1, 0.15) is 10.4 Å². The van der Waals surface area contributed by atoms with E-state index in [9.17, 15) is 13.6 Å². The lowest BCUT2D eigenvalue weighted by Gasteiger charge is -2.00. The number of rotatable bonds is 2. The molecular weight excluding hydrogens is 305 g/mol. The fraction of sp³-hybridized carbons (Fsp3) is 0.111. The third kappa shape index (κ3) is 1.72. The number of carbonyl (C=O) groups is 1. The lowest BCUT2D eigenvalue weighted by molar-refractivity contribution is 0.0680. The largest absolute Gasteiger partial charge is 0.345 e. The van der Waals surface area contributed by atoms with Crippen LogP contribution in [0.3, 0.4) is 0 Å². The molecule has 2 aromatic rings. The van der Waals surface area contributed by atoms with Crippen molar-refractivity contribution >= 4 is 44.3 Å². The number of nitrogens with zero attached hydrogens (tertiary/aromatic N) is 1. The zero-order valence-electron chi connectivity index (χ0n) is 7.60. The number of nitrogens with one attached hydrogen (secondary N) is 1. The smallest absolute Gasteiger partial charge is 0.300 e. The highest BCUT2D eigenvalue weighted by Crippen LogP contribution is 2.32. The van der Waals surface area contributed by atoms with E-state index in [1.807, 2.05) is 0 Å². The number of aromatic nitrogens is 2. The molecule has 0 saturated heterocycles. The molecule has 0 amide bonds. The van der Waals surface area contributed by atoms with E-state index < -0.39 is 12.2 Å². The predicted octanol–water partition coefficient (Wildman–Crippen LogP) is 3.43. The summed E-state index contributed by atoms with van der Waals surface area (Å²) >= 11 is 9.03. The van der Waals surface area contributed by atoms with Crippen molar-refractivity contribution in [3.8, 4) is 0 Å². The van der Waals surface area contributed by atoms with Crippen molar-refractivity contribution < 1.29 is 13.6 Å². The summed E-state index contributed by atoms with van der Waals surface area (Å²) in [6, 6.07) is 0. The van der Waals surface area contributed by atoms with Gasteiger partial charge in [0.2, 0.25) is 5.78 Å². The van der Waals surface area contributed by atoms with Gasteiger partial charge in [-0.05, 0) is 15.9 Å². The van der Waals surface area contributed by atoms with Crippen LogP contribution in [-0.2, 0) is 0 Å². The van der Waals surface area contributed by atoms with Crippen molar-refractivity contribution in [3.63, 3.8) is 0 Å².